The van der Waals surface area contributed by atoms with E-state index in [-0.39, 0.29) is 5.97 Å². The van der Waals surface area contributed by atoms with Gasteiger partial charge in [-0.05, 0) is 57.7 Å². The number of benzene rings is 3. The molecule has 3 aromatic rings. The molecule has 0 amide bonds. The van der Waals surface area contributed by atoms with Crippen LogP contribution in [0.15, 0.2) is 84.9 Å². The Morgan fingerprint density at radius 3 is 2.00 bits per heavy atom. The Morgan fingerprint density at radius 2 is 1.39 bits per heavy atom. The largest absolute Gasteiger partial charge is 0.423 e. The molecule has 0 saturated carbocycles. The molecule has 0 radical (unpaired) electrons. The molecule has 0 unspecified atom stereocenters. The summed E-state index contributed by atoms with van der Waals surface area (Å²) < 4.78 is 6.48. The van der Waals surface area contributed by atoms with E-state index in [1.54, 1.807) is 12.1 Å². The number of carbonyl (C=O) groups is 1. The fourth-order valence-electron chi connectivity index (χ4n) is 3.23. The number of esters is 1. The molecule has 0 bridgehead atoms. The van der Waals surface area contributed by atoms with Crippen LogP contribution in [0.1, 0.15) is 54.1 Å². The minimum atomic E-state index is -0.360. The van der Waals surface area contributed by atoms with E-state index in [4.69, 9.17) is 4.74 Å². The Labute approximate surface area is 193 Å². The Hall–Kier alpha value is -2.85. The van der Waals surface area contributed by atoms with E-state index in [0.717, 1.165) is 34.3 Å². The smallest absolute Gasteiger partial charge is 0.343 e. The van der Waals surface area contributed by atoms with E-state index in [2.05, 4.69) is 40.3 Å². The summed E-state index contributed by atoms with van der Waals surface area (Å²) in [6, 6.07) is 26.9. The summed E-state index contributed by atoms with van der Waals surface area (Å²) in [5.74, 6) is 0.161. The third-order valence-corrected chi connectivity index (χ3v) is 5.80. The number of carbonyl (C=O) groups excluding carboxylic acids is 1. The van der Waals surface area contributed by atoms with Crippen molar-refractivity contribution in [3.05, 3.63) is 102 Å². The lowest BCUT2D eigenvalue weighted by Gasteiger charge is -2.15. The van der Waals surface area contributed by atoms with Gasteiger partial charge in [-0.3, -0.25) is 0 Å². The van der Waals surface area contributed by atoms with Crippen LogP contribution in [0.5, 0.6) is 5.75 Å². The van der Waals surface area contributed by atoms with Gasteiger partial charge in [0, 0.05) is 11.0 Å². The normalized spacial score (nSPS) is 11.5. The molecule has 0 aliphatic carbocycles. The quantitative estimate of drug-likeness (QED) is 0.144. The van der Waals surface area contributed by atoms with Crippen molar-refractivity contribution in [3.8, 4) is 5.75 Å². The van der Waals surface area contributed by atoms with Crippen LogP contribution >= 0.6 is 15.9 Å². The van der Waals surface area contributed by atoms with E-state index >= 15 is 0 Å². The van der Waals surface area contributed by atoms with E-state index in [1.165, 1.54) is 19.3 Å². The maximum atomic E-state index is 12.3. The van der Waals surface area contributed by atoms with Gasteiger partial charge in [0.2, 0.25) is 0 Å². The summed E-state index contributed by atoms with van der Waals surface area (Å²) in [5, 5.41) is 3.61. The summed E-state index contributed by atoms with van der Waals surface area (Å²) in [7, 11) is 0. The van der Waals surface area contributed by atoms with Gasteiger partial charge < -0.3 is 10.1 Å². The molecule has 160 valence electrons. The molecular formula is C27H28BrNO2. The molecule has 4 heteroatoms. The highest BCUT2D eigenvalue weighted by atomic mass is 79.9. The highest BCUT2D eigenvalue weighted by Gasteiger charge is 2.11. The van der Waals surface area contributed by atoms with Crippen molar-refractivity contribution in [2.24, 2.45) is 0 Å². The average Bonchev–Trinajstić information content (AvgIpc) is 2.82. The van der Waals surface area contributed by atoms with Gasteiger partial charge in [-0.1, -0.05) is 86.8 Å². The predicted molar refractivity (Wildman–Crippen MR) is 132 cm³/mol. The van der Waals surface area contributed by atoms with Gasteiger partial charge in [-0.2, -0.15) is 0 Å². The Kier molecular flexibility index (Phi) is 8.92. The lowest BCUT2D eigenvalue weighted by Crippen LogP contribution is -2.15. The number of ether oxygens (including phenoxy) is 1. The van der Waals surface area contributed by atoms with Crippen molar-refractivity contribution >= 4 is 32.1 Å². The van der Waals surface area contributed by atoms with Crippen LogP contribution in [0.3, 0.4) is 0 Å². The number of rotatable bonds is 10. The van der Waals surface area contributed by atoms with Crippen molar-refractivity contribution in [3.63, 3.8) is 0 Å². The first-order valence-electron chi connectivity index (χ1n) is 10.8. The van der Waals surface area contributed by atoms with Crippen LogP contribution in [0, 0.1) is 0 Å². The Morgan fingerprint density at radius 1 is 0.774 bits per heavy atom. The van der Waals surface area contributed by atoms with Crippen molar-refractivity contribution < 1.29 is 9.53 Å². The third-order valence-electron chi connectivity index (χ3n) is 4.94. The second-order valence-corrected chi connectivity index (χ2v) is 8.12. The molecule has 0 heterocycles. The minimum absolute atomic E-state index is 0.360. The molecule has 0 atom stereocenters. The number of hydrogen-bond acceptors (Lipinski definition) is 3. The molecule has 1 N–H and O–H groups in total. The van der Waals surface area contributed by atoms with E-state index in [1.807, 2.05) is 60.7 Å². The first kappa shape index (κ1) is 22.8. The molecule has 0 fully saturated rings. The minimum Gasteiger partial charge on any atom is -0.423 e. The summed E-state index contributed by atoms with van der Waals surface area (Å²) in [5.41, 5.74) is 3.74. The van der Waals surface area contributed by atoms with Crippen molar-refractivity contribution in [2.45, 2.75) is 32.6 Å². The second-order valence-electron chi connectivity index (χ2n) is 7.32. The molecule has 3 nitrogen and oxygen atoms in total. The topological polar surface area (TPSA) is 38.3 Å². The van der Waals surface area contributed by atoms with Crippen molar-refractivity contribution in [2.75, 3.05) is 6.54 Å². The number of halogens is 1. The van der Waals surface area contributed by atoms with Crippen molar-refractivity contribution in [1.29, 1.82) is 0 Å². The fourth-order valence-corrected chi connectivity index (χ4v) is 3.86. The van der Waals surface area contributed by atoms with Gasteiger partial charge in [-0.25, -0.2) is 4.79 Å². The zero-order chi connectivity index (χ0) is 21.9. The van der Waals surface area contributed by atoms with Gasteiger partial charge in [-0.15, -0.1) is 0 Å². The van der Waals surface area contributed by atoms with Gasteiger partial charge in [0.1, 0.15) is 5.75 Å². The first-order chi connectivity index (χ1) is 15.2. The summed E-state index contributed by atoms with van der Waals surface area (Å²) in [6.45, 7) is 3.15. The molecule has 31 heavy (non-hydrogen) atoms. The highest BCUT2D eigenvalue weighted by Crippen LogP contribution is 2.31. The lowest BCUT2D eigenvalue weighted by atomic mass is 10.1. The van der Waals surface area contributed by atoms with Crippen LogP contribution in [0.4, 0.5) is 0 Å². The first-order valence-corrected chi connectivity index (χ1v) is 11.5. The SMILES string of the molecule is CCCCCCN/C(=C(\Br)c1ccc(OC(=O)c2ccccc2)cc1)c1ccccc1. The maximum Gasteiger partial charge on any atom is 0.343 e. The molecule has 0 spiro atoms. The summed E-state index contributed by atoms with van der Waals surface area (Å²) in [4.78, 5) is 12.3. The van der Waals surface area contributed by atoms with E-state index < -0.39 is 0 Å². The molecule has 3 rings (SSSR count). The Bertz CT molecular complexity index is 983. The predicted octanol–water partition coefficient (Wildman–Crippen LogP) is 7.30. The van der Waals surface area contributed by atoms with Gasteiger partial charge >= 0.3 is 5.97 Å². The second kappa shape index (κ2) is 12.1. The zero-order valence-electron chi connectivity index (χ0n) is 17.8. The molecule has 0 aliphatic heterocycles. The van der Waals surface area contributed by atoms with E-state index in [9.17, 15) is 4.79 Å². The zero-order valence-corrected chi connectivity index (χ0v) is 19.4. The van der Waals surface area contributed by atoms with Crippen LogP contribution in [0.2, 0.25) is 0 Å². The van der Waals surface area contributed by atoms with Gasteiger partial charge in [0.25, 0.3) is 0 Å². The monoisotopic (exact) mass is 477 g/mol. The highest BCUT2D eigenvalue weighted by molar-refractivity contribution is 9.15. The lowest BCUT2D eigenvalue weighted by molar-refractivity contribution is 0.0735. The summed E-state index contributed by atoms with van der Waals surface area (Å²) >= 11 is 3.79. The standard InChI is InChI=1S/C27H28BrNO2/c1-2-3-4-11-20-29-26(22-12-7-5-8-13-22)25(28)21-16-18-24(19-17-21)31-27(30)23-14-9-6-10-15-23/h5-10,12-19,29H,2-4,11,20H2,1H3/b26-25-. The maximum absolute atomic E-state index is 12.3. The Balaban J connectivity index is 1.76. The third kappa shape index (κ3) is 6.83. The van der Waals surface area contributed by atoms with Crippen molar-refractivity contribution in [1.82, 2.24) is 5.32 Å². The van der Waals surface area contributed by atoms with Crippen LogP contribution in [0.25, 0.3) is 10.2 Å². The molecular weight excluding hydrogens is 450 g/mol. The number of unbranched alkanes of at least 4 members (excludes halogenated alkanes) is 3. The molecule has 3 aromatic carbocycles. The fraction of sp³-hybridized carbons (Fsp3) is 0.222. The summed E-state index contributed by atoms with van der Waals surface area (Å²) in [6.07, 6.45) is 4.85. The molecule has 0 aliphatic rings. The molecule has 0 aromatic heterocycles. The average molecular weight is 478 g/mol. The molecule has 0 saturated heterocycles. The van der Waals surface area contributed by atoms with Crippen LogP contribution in [-0.2, 0) is 0 Å². The number of nitrogens with one attached hydrogen (secondary N) is 1. The van der Waals surface area contributed by atoms with Gasteiger partial charge in [0.15, 0.2) is 0 Å². The van der Waals surface area contributed by atoms with E-state index in [0.29, 0.717) is 11.3 Å². The number of hydrogen-bond donors (Lipinski definition) is 1. The van der Waals surface area contributed by atoms with Crippen LogP contribution < -0.4 is 10.1 Å². The van der Waals surface area contributed by atoms with Gasteiger partial charge in [0.05, 0.1) is 11.3 Å². The van der Waals surface area contributed by atoms with Crippen LogP contribution in [-0.4, -0.2) is 12.5 Å².